The van der Waals surface area contributed by atoms with E-state index >= 15 is 0 Å². The SMILES string of the molecule is CC(C)N1C(=S)N(Cc2ccco2)C(=O)[C@H]1CC(=O)Nc1ccccc1. The number of carbonyl (C=O) groups excluding carboxylic acids is 2. The van der Waals surface area contributed by atoms with Gasteiger partial charge in [-0.2, -0.15) is 0 Å². The van der Waals surface area contributed by atoms with Gasteiger partial charge in [0.25, 0.3) is 5.91 Å². The van der Waals surface area contributed by atoms with E-state index in [0.717, 1.165) is 0 Å². The van der Waals surface area contributed by atoms with Crippen LogP contribution >= 0.6 is 12.2 Å². The van der Waals surface area contributed by atoms with E-state index < -0.39 is 6.04 Å². The first-order chi connectivity index (χ1) is 12.5. The maximum absolute atomic E-state index is 12.9. The molecule has 1 atom stereocenters. The van der Waals surface area contributed by atoms with Gasteiger partial charge in [0.15, 0.2) is 5.11 Å². The van der Waals surface area contributed by atoms with Crippen molar-refractivity contribution in [1.29, 1.82) is 0 Å². The van der Waals surface area contributed by atoms with Crippen molar-refractivity contribution in [3.63, 3.8) is 0 Å². The number of anilines is 1. The molecule has 0 saturated carbocycles. The van der Waals surface area contributed by atoms with Crippen LogP contribution in [0.5, 0.6) is 0 Å². The Balaban J connectivity index is 1.74. The van der Waals surface area contributed by atoms with Crippen LogP contribution < -0.4 is 5.32 Å². The second-order valence-electron chi connectivity index (χ2n) is 6.42. The summed E-state index contributed by atoms with van der Waals surface area (Å²) in [6.07, 6.45) is 1.60. The standard InChI is InChI=1S/C19H21N3O3S/c1-13(2)22-16(11-17(23)20-14-7-4-3-5-8-14)18(24)21(19(22)26)12-15-9-6-10-25-15/h3-10,13,16H,11-12H2,1-2H3,(H,20,23)/t16-/m1/s1. The van der Waals surface area contributed by atoms with Gasteiger partial charge in [0.05, 0.1) is 19.2 Å². The summed E-state index contributed by atoms with van der Waals surface area (Å²) in [5.41, 5.74) is 0.703. The Morgan fingerprint density at radius 3 is 2.58 bits per heavy atom. The van der Waals surface area contributed by atoms with Gasteiger partial charge in [-0.15, -0.1) is 0 Å². The van der Waals surface area contributed by atoms with Gasteiger partial charge in [0.2, 0.25) is 5.91 Å². The molecule has 2 heterocycles. The lowest BCUT2D eigenvalue weighted by Gasteiger charge is -2.27. The third-order valence-corrected chi connectivity index (χ3v) is 4.66. The summed E-state index contributed by atoms with van der Waals surface area (Å²) in [5.74, 6) is 0.255. The zero-order valence-corrected chi connectivity index (χ0v) is 15.5. The quantitative estimate of drug-likeness (QED) is 0.791. The molecular formula is C19H21N3O3S. The summed E-state index contributed by atoms with van der Waals surface area (Å²) in [6, 6.07) is 12.1. The fourth-order valence-electron chi connectivity index (χ4n) is 3.05. The minimum atomic E-state index is -0.610. The number of nitrogens with zero attached hydrogens (tertiary/aromatic N) is 2. The van der Waals surface area contributed by atoms with Crippen LogP contribution in [-0.4, -0.2) is 38.8 Å². The first-order valence-electron chi connectivity index (χ1n) is 8.48. The number of hydrogen-bond acceptors (Lipinski definition) is 4. The number of amides is 2. The third-order valence-electron chi connectivity index (χ3n) is 4.23. The lowest BCUT2D eigenvalue weighted by molar-refractivity contribution is -0.131. The van der Waals surface area contributed by atoms with Gasteiger partial charge in [0, 0.05) is 11.7 Å². The molecule has 1 aliphatic rings. The van der Waals surface area contributed by atoms with Crippen LogP contribution in [0.25, 0.3) is 0 Å². The first kappa shape index (κ1) is 18.1. The highest BCUT2D eigenvalue weighted by molar-refractivity contribution is 7.80. The number of carbonyl (C=O) groups is 2. The lowest BCUT2D eigenvalue weighted by Crippen LogP contribution is -2.42. The number of para-hydroxylation sites is 1. The Labute approximate surface area is 157 Å². The van der Waals surface area contributed by atoms with Crippen molar-refractivity contribution in [1.82, 2.24) is 9.80 Å². The molecule has 2 aromatic rings. The summed E-state index contributed by atoms with van der Waals surface area (Å²) < 4.78 is 5.33. The van der Waals surface area contributed by atoms with Gasteiger partial charge < -0.3 is 14.6 Å². The Morgan fingerprint density at radius 2 is 1.96 bits per heavy atom. The molecule has 1 N–H and O–H groups in total. The van der Waals surface area contributed by atoms with E-state index in [4.69, 9.17) is 16.6 Å². The zero-order valence-electron chi connectivity index (χ0n) is 14.7. The van der Waals surface area contributed by atoms with Gasteiger partial charge in [-0.1, -0.05) is 18.2 Å². The number of rotatable bonds is 6. The molecule has 2 amide bonds. The molecule has 136 valence electrons. The second kappa shape index (κ2) is 7.70. The minimum Gasteiger partial charge on any atom is -0.467 e. The predicted octanol–water partition coefficient (Wildman–Crippen LogP) is 3.01. The van der Waals surface area contributed by atoms with Crippen LogP contribution in [0.15, 0.2) is 53.1 Å². The Morgan fingerprint density at radius 1 is 1.23 bits per heavy atom. The second-order valence-corrected chi connectivity index (χ2v) is 6.79. The van der Waals surface area contributed by atoms with Gasteiger partial charge in [-0.25, -0.2) is 0 Å². The average Bonchev–Trinajstić information content (AvgIpc) is 3.19. The molecular weight excluding hydrogens is 350 g/mol. The third kappa shape index (κ3) is 3.77. The highest BCUT2D eigenvalue weighted by Crippen LogP contribution is 2.25. The summed E-state index contributed by atoms with van der Waals surface area (Å²) >= 11 is 5.51. The number of nitrogens with one attached hydrogen (secondary N) is 1. The average molecular weight is 371 g/mol. The fourth-order valence-corrected chi connectivity index (χ4v) is 3.54. The van der Waals surface area contributed by atoms with Crippen LogP contribution in [0.2, 0.25) is 0 Å². The molecule has 1 saturated heterocycles. The zero-order chi connectivity index (χ0) is 18.7. The molecule has 0 aliphatic carbocycles. The molecule has 0 bridgehead atoms. The molecule has 0 unspecified atom stereocenters. The van der Waals surface area contributed by atoms with E-state index in [-0.39, 0.29) is 30.8 Å². The van der Waals surface area contributed by atoms with Gasteiger partial charge in [0.1, 0.15) is 11.8 Å². The summed E-state index contributed by atoms with van der Waals surface area (Å²) in [6.45, 7) is 4.18. The van der Waals surface area contributed by atoms with Gasteiger partial charge >= 0.3 is 0 Å². The number of hydrogen-bond donors (Lipinski definition) is 1. The lowest BCUT2D eigenvalue weighted by atomic mass is 10.1. The van der Waals surface area contributed by atoms with Crippen LogP contribution in [0, 0.1) is 0 Å². The van der Waals surface area contributed by atoms with E-state index in [1.165, 1.54) is 4.90 Å². The normalized spacial score (nSPS) is 17.3. The Hall–Kier alpha value is -2.67. The maximum Gasteiger partial charge on any atom is 0.252 e. The van der Waals surface area contributed by atoms with Crippen molar-refractivity contribution in [2.24, 2.45) is 0 Å². The summed E-state index contributed by atoms with van der Waals surface area (Å²) in [5, 5.41) is 3.26. The smallest absolute Gasteiger partial charge is 0.252 e. The van der Waals surface area contributed by atoms with Crippen LogP contribution in [0.1, 0.15) is 26.0 Å². The molecule has 1 aromatic heterocycles. The highest BCUT2D eigenvalue weighted by atomic mass is 32.1. The summed E-state index contributed by atoms with van der Waals surface area (Å²) in [7, 11) is 0. The first-order valence-corrected chi connectivity index (χ1v) is 8.89. The van der Waals surface area contributed by atoms with E-state index in [0.29, 0.717) is 16.6 Å². The van der Waals surface area contributed by atoms with Crippen molar-refractivity contribution in [2.75, 3.05) is 5.32 Å². The molecule has 1 fully saturated rings. The van der Waals surface area contributed by atoms with Crippen molar-refractivity contribution in [3.05, 3.63) is 54.5 Å². The molecule has 3 rings (SSSR count). The largest absolute Gasteiger partial charge is 0.467 e. The highest BCUT2D eigenvalue weighted by Gasteiger charge is 2.44. The van der Waals surface area contributed by atoms with Crippen molar-refractivity contribution < 1.29 is 14.0 Å². The maximum atomic E-state index is 12.9. The predicted molar refractivity (Wildman–Crippen MR) is 102 cm³/mol. The monoisotopic (exact) mass is 371 g/mol. The Kier molecular flexibility index (Phi) is 5.37. The van der Waals surface area contributed by atoms with Gasteiger partial charge in [-0.05, 0) is 50.3 Å². The number of thiocarbonyl (C=S) groups is 1. The topological polar surface area (TPSA) is 65.8 Å². The van der Waals surface area contributed by atoms with E-state index in [9.17, 15) is 9.59 Å². The van der Waals surface area contributed by atoms with Crippen LogP contribution in [0.4, 0.5) is 5.69 Å². The molecule has 0 spiro atoms. The van der Waals surface area contributed by atoms with Crippen LogP contribution in [0.3, 0.4) is 0 Å². The van der Waals surface area contributed by atoms with E-state index in [1.54, 1.807) is 18.4 Å². The van der Waals surface area contributed by atoms with Crippen molar-refractivity contribution >= 4 is 34.8 Å². The molecule has 1 aliphatic heterocycles. The van der Waals surface area contributed by atoms with Crippen molar-refractivity contribution in [3.8, 4) is 0 Å². The number of benzene rings is 1. The molecule has 1 aromatic carbocycles. The minimum absolute atomic E-state index is 0.00239. The van der Waals surface area contributed by atoms with Gasteiger partial charge in [-0.3, -0.25) is 14.5 Å². The summed E-state index contributed by atoms with van der Waals surface area (Å²) in [4.78, 5) is 28.7. The Bertz CT molecular complexity index is 790. The molecule has 26 heavy (non-hydrogen) atoms. The number of furan rings is 1. The molecule has 6 nitrogen and oxygen atoms in total. The fraction of sp³-hybridized carbons (Fsp3) is 0.316. The van der Waals surface area contributed by atoms with Crippen molar-refractivity contribution in [2.45, 2.75) is 38.9 Å². The van der Waals surface area contributed by atoms with E-state index in [2.05, 4.69) is 5.32 Å². The molecule has 0 radical (unpaired) electrons. The van der Waals surface area contributed by atoms with Crippen LogP contribution in [-0.2, 0) is 16.1 Å². The molecule has 7 heteroatoms. The van der Waals surface area contributed by atoms with E-state index in [1.807, 2.05) is 49.1 Å².